The number of benzene rings is 2. The van der Waals surface area contributed by atoms with Gasteiger partial charge in [0.05, 0.1) is 5.92 Å². The van der Waals surface area contributed by atoms with Gasteiger partial charge in [0.1, 0.15) is 0 Å². The van der Waals surface area contributed by atoms with Crippen molar-refractivity contribution in [2.24, 2.45) is 5.92 Å². The summed E-state index contributed by atoms with van der Waals surface area (Å²) in [5.74, 6) is -1.17. The molecule has 1 aliphatic rings. The lowest BCUT2D eigenvalue weighted by molar-refractivity contribution is -0.142. The highest BCUT2D eigenvalue weighted by molar-refractivity contribution is 9.09. The van der Waals surface area contributed by atoms with Crippen LogP contribution in [-0.4, -0.2) is 15.9 Å². The van der Waals surface area contributed by atoms with Gasteiger partial charge in [-0.25, -0.2) is 0 Å². The maximum Gasteiger partial charge on any atom is 0.307 e. The van der Waals surface area contributed by atoms with Crippen molar-refractivity contribution < 1.29 is 9.90 Å². The van der Waals surface area contributed by atoms with Crippen LogP contribution >= 0.6 is 15.9 Å². The van der Waals surface area contributed by atoms with Crippen LogP contribution in [0.15, 0.2) is 54.6 Å². The van der Waals surface area contributed by atoms with Crippen molar-refractivity contribution in [1.29, 1.82) is 0 Å². The Labute approximate surface area is 126 Å². The Bertz CT molecular complexity index is 672. The highest BCUT2D eigenvalue weighted by atomic mass is 79.9. The first-order valence-corrected chi connectivity index (χ1v) is 7.61. The van der Waals surface area contributed by atoms with E-state index in [-0.39, 0.29) is 16.7 Å². The Hall–Kier alpha value is -1.61. The van der Waals surface area contributed by atoms with Gasteiger partial charge in [-0.05, 0) is 22.8 Å². The second-order valence-corrected chi connectivity index (χ2v) is 6.35. The minimum absolute atomic E-state index is 0.0626. The van der Waals surface area contributed by atoms with Crippen molar-refractivity contribution in [3.05, 3.63) is 60.2 Å². The molecule has 2 aromatic carbocycles. The van der Waals surface area contributed by atoms with Crippen LogP contribution < -0.4 is 0 Å². The summed E-state index contributed by atoms with van der Waals surface area (Å²) in [4.78, 5) is 11.7. The largest absolute Gasteiger partial charge is 0.481 e. The number of hydrogen-bond acceptors (Lipinski definition) is 1. The highest BCUT2D eigenvalue weighted by Gasteiger charge is 2.32. The molecular weight excluding hydrogens is 316 g/mol. The molecule has 0 heterocycles. The van der Waals surface area contributed by atoms with Crippen molar-refractivity contribution in [3.8, 4) is 0 Å². The smallest absolute Gasteiger partial charge is 0.307 e. The van der Waals surface area contributed by atoms with Crippen LogP contribution in [0.2, 0.25) is 0 Å². The molecule has 3 rings (SSSR count). The molecule has 0 aromatic heterocycles. The molecule has 0 amide bonds. The molecule has 1 aliphatic carbocycles. The lowest BCUT2D eigenvalue weighted by Gasteiger charge is -2.28. The zero-order chi connectivity index (χ0) is 14.1. The Balaban J connectivity index is 2.13. The second kappa shape index (κ2) is 5.41. The van der Waals surface area contributed by atoms with E-state index in [1.54, 1.807) is 0 Å². The third-order valence-electron chi connectivity index (χ3n) is 3.94. The molecule has 0 saturated carbocycles. The van der Waals surface area contributed by atoms with Gasteiger partial charge in [0.2, 0.25) is 0 Å². The quantitative estimate of drug-likeness (QED) is 0.656. The molecule has 0 bridgehead atoms. The average Bonchev–Trinajstić information content (AvgIpc) is 2.46. The Kier molecular flexibility index (Phi) is 3.62. The summed E-state index contributed by atoms with van der Waals surface area (Å²) in [6.07, 6.45) is 4.72. The summed E-state index contributed by atoms with van der Waals surface area (Å²) in [6, 6.07) is 14.3. The van der Waals surface area contributed by atoms with Crippen molar-refractivity contribution >= 4 is 32.7 Å². The highest BCUT2D eigenvalue weighted by Crippen LogP contribution is 2.38. The molecule has 1 N–H and O–H groups in total. The van der Waals surface area contributed by atoms with Gasteiger partial charge in [0.25, 0.3) is 0 Å². The Morgan fingerprint density at radius 3 is 2.65 bits per heavy atom. The molecular formula is C17H15BrO2. The number of alkyl halides is 1. The van der Waals surface area contributed by atoms with Gasteiger partial charge in [-0.1, -0.05) is 70.5 Å². The number of allylic oxidation sites excluding steroid dienone is 2. The monoisotopic (exact) mass is 330 g/mol. The molecule has 0 spiro atoms. The van der Waals surface area contributed by atoms with E-state index < -0.39 is 5.97 Å². The van der Waals surface area contributed by atoms with E-state index in [1.807, 2.05) is 30.3 Å². The number of fused-ring (bicyclic) bond motifs is 1. The maximum absolute atomic E-state index is 11.6. The number of aliphatic carboxylic acids is 1. The van der Waals surface area contributed by atoms with Crippen LogP contribution in [0, 0.1) is 5.92 Å². The number of halogens is 1. The molecule has 102 valence electrons. The van der Waals surface area contributed by atoms with Crippen molar-refractivity contribution in [2.75, 3.05) is 0 Å². The maximum atomic E-state index is 11.6. The second-order valence-electron chi connectivity index (χ2n) is 5.18. The Morgan fingerprint density at radius 2 is 1.85 bits per heavy atom. The Morgan fingerprint density at radius 1 is 1.10 bits per heavy atom. The normalized spacial score (nSPS) is 25.8. The van der Waals surface area contributed by atoms with Gasteiger partial charge < -0.3 is 5.11 Å². The number of hydrogen-bond donors (Lipinski definition) is 1. The molecule has 2 nitrogen and oxygen atoms in total. The lowest BCUT2D eigenvalue weighted by atomic mass is 9.78. The van der Waals surface area contributed by atoms with Crippen molar-refractivity contribution in [3.63, 3.8) is 0 Å². The van der Waals surface area contributed by atoms with Gasteiger partial charge in [-0.3, -0.25) is 4.79 Å². The van der Waals surface area contributed by atoms with Gasteiger partial charge in [-0.2, -0.15) is 0 Å². The third-order valence-corrected chi connectivity index (χ3v) is 4.62. The fraction of sp³-hybridized carbons (Fsp3) is 0.235. The minimum atomic E-state index is -0.725. The summed E-state index contributed by atoms with van der Waals surface area (Å²) in [7, 11) is 0. The van der Waals surface area contributed by atoms with E-state index in [4.69, 9.17) is 0 Å². The summed E-state index contributed by atoms with van der Waals surface area (Å²) < 4.78 is 0. The molecule has 0 radical (unpaired) electrons. The average molecular weight is 331 g/mol. The van der Waals surface area contributed by atoms with Crippen molar-refractivity contribution in [2.45, 2.75) is 17.2 Å². The van der Waals surface area contributed by atoms with Gasteiger partial charge in [0, 0.05) is 10.7 Å². The molecule has 2 aromatic rings. The number of carboxylic acids is 1. The predicted molar refractivity (Wildman–Crippen MR) is 84.3 cm³/mol. The van der Waals surface area contributed by atoms with Crippen LogP contribution in [0.4, 0.5) is 0 Å². The van der Waals surface area contributed by atoms with Crippen LogP contribution in [0.5, 0.6) is 0 Å². The standard InChI is InChI=1S/C17H15BrO2/c18-12-8-9-15(16(10-12)17(19)20)14-7-3-5-11-4-1-2-6-13(11)14/h1-9,12,15-16H,10H2,(H,19,20). The van der Waals surface area contributed by atoms with Gasteiger partial charge >= 0.3 is 5.97 Å². The fourth-order valence-electron chi connectivity index (χ4n) is 2.96. The molecule has 3 atom stereocenters. The predicted octanol–water partition coefficient (Wildman–Crippen LogP) is 4.35. The van der Waals surface area contributed by atoms with E-state index in [2.05, 4.69) is 40.2 Å². The van der Waals surface area contributed by atoms with Crippen LogP contribution in [0.25, 0.3) is 10.8 Å². The number of carbonyl (C=O) groups is 1. The fourth-order valence-corrected chi connectivity index (χ4v) is 3.54. The molecule has 20 heavy (non-hydrogen) atoms. The zero-order valence-electron chi connectivity index (χ0n) is 10.9. The first-order chi connectivity index (χ1) is 9.66. The van der Waals surface area contributed by atoms with Gasteiger partial charge in [-0.15, -0.1) is 0 Å². The minimum Gasteiger partial charge on any atom is -0.481 e. The zero-order valence-corrected chi connectivity index (χ0v) is 12.5. The van der Waals surface area contributed by atoms with Crippen LogP contribution in [0.3, 0.4) is 0 Å². The van der Waals surface area contributed by atoms with Crippen LogP contribution in [-0.2, 0) is 4.79 Å². The SMILES string of the molecule is O=C(O)C1CC(Br)C=CC1c1cccc2ccccc12. The van der Waals surface area contributed by atoms with Crippen LogP contribution in [0.1, 0.15) is 17.9 Å². The molecule has 0 saturated heterocycles. The van der Waals surface area contributed by atoms with E-state index in [0.29, 0.717) is 6.42 Å². The van der Waals surface area contributed by atoms with Gasteiger partial charge in [0.15, 0.2) is 0 Å². The number of rotatable bonds is 2. The molecule has 0 fully saturated rings. The topological polar surface area (TPSA) is 37.3 Å². The molecule has 3 heteroatoms. The van der Waals surface area contributed by atoms with E-state index in [0.717, 1.165) is 16.3 Å². The first kappa shape index (κ1) is 13.4. The summed E-state index contributed by atoms with van der Waals surface area (Å²) in [6.45, 7) is 0. The van der Waals surface area contributed by atoms with E-state index in [9.17, 15) is 9.90 Å². The summed E-state index contributed by atoms with van der Waals surface area (Å²) >= 11 is 3.50. The third kappa shape index (κ3) is 2.38. The van der Waals surface area contributed by atoms with E-state index in [1.165, 1.54) is 0 Å². The summed E-state index contributed by atoms with van der Waals surface area (Å²) in [5.41, 5.74) is 1.10. The number of carboxylic acid groups (broad SMARTS) is 1. The molecule has 0 aliphatic heterocycles. The van der Waals surface area contributed by atoms with Crippen molar-refractivity contribution in [1.82, 2.24) is 0 Å². The first-order valence-electron chi connectivity index (χ1n) is 6.69. The molecule has 3 unspecified atom stereocenters. The lowest BCUT2D eigenvalue weighted by Crippen LogP contribution is -2.26. The summed E-state index contributed by atoms with van der Waals surface area (Å²) in [5, 5.41) is 11.8. The van der Waals surface area contributed by atoms with E-state index >= 15 is 0 Å².